The average molecular weight is 623 g/mol. The summed E-state index contributed by atoms with van der Waals surface area (Å²) in [7, 11) is 1.42. The summed E-state index contributed by atoms with van der Waals surface area (Å²) in [6.45, 7) is -0.159. The first-order chi connectivity index (χ1) is 20.4. The first kappa shape index (κ1) is 30.1. The Hall–Kier alpha value is -4.40. The Kier molecular flexibility index (Phi) is 8.44. The molecular formula is C28H24F6N6O2S. The lowest BCUT2D eigenvalue weighted by molar-refractivity contribution is -0.139. The maximum atomic E-state index is 13.5. The normalized spacial score (nSPS) is 15.9. The zero-order chi connectivity index (χ0) is 30.9. The molecule has 8 nitrogen and oxygen atoms in total. The van der Waals surface area contributed by atoms with Crippen LogP contribution in [0.1, 0.15) is 46.3 Å². The van der Waals surface area contributed by atoms with Crippen molar-refractivity contribution in [2.45, 2.75) is 37.3 Å². The number of thiazole rings is 1. The molecule has 0 aliphatic carbocycles. The second-order valence-electron chi connectivity index (χ2n) is 10.0. The van der Waals surface area contributed by atoms with Gasteiger partial charge in [-0.2, -0.15) is 13.2 Å². The fourth-order valence-corrected chi connectivity index (χ4v) is 5.55. The minimum absolute atomic E-state index is 0.0294. The molecule has 0 saturated carbocycles. The van der Waals surface area contributed by atoms with Gasteiger partial charge in [-0.3, -0.25) is 9.59 Å². The molecule has 0 saturated heterocycles. The maximum Gasteiger partial charge on any atom is 0.389 e. The highest BCUT2D eigenvalue weighted by Crippen LogP contribution is 2.44. The number of pyridine rings is 1. The van der Waals surface area contributed by atoms with Crippen LogP contribution in [0.15, 0.2) is 53.5 Å². The molecule has 0 bridgehead atoms. The first-order valence-corrected chi connectivity index (χ1v) is 13.9. The molecule has 1 aliphatic rings. The summed E-state index contributed by atoms with van der Waals surface area (Å²) in [6, 6.07) is 7.54. The van der Waals surface area contributed by atoms with Crippen molar-refractivity contribution in [3.63, 3.8) is 0 Å². The van der Waals surface area contributed by atoms with Gasteiger partial charge in [0.2, 0.25) is 12.3 Å². The van der Waals surface area contributed by atoms with Crippen LogP contribution in [-0.4, -0.2) is 57.9 Å². The van der Waals surface area contributed by atoms with Crippen LogP contribution in [0.5, 0.6) is 0 Å². The van der Waals surface area contributed by atoms with E-state index in [1.165, 1.54) is 53.7 Å². The summed E-state index contributed by atoms with van der Waals surface area (Å²) in [5.41, 5.74) is 2.62. The Morgan fingerprint density at radius 3 is 2.56 bits per heavy atom. The van der Waals surface area contributed by atoms with Crippen LogP contribution < -0.4 is 10.6 Å². The Morgan fingerprint density at radius 2 is 1.91 bits per heavy atom. The molecule has 4 heterocycles. The lowest BCUT2D eigenvalue weighted by Crippen LogP contribution is -2.38. The summed E-state index contributed by atoms with van der Waals surface area (Å²) in [6.07, 6.45) is -7.99. The van der Waals surface area contributed by atoms with E-state index in [2.05, 4.69) is 25.6 Å². The number of carbonyl (C=O) groups excluding carboxylic acids is 2. The molecule has 226 valence electrons. The molecule has 4 aromatic rings. The van der Waals surface area contributed by atoms with Crippen molar-refractivity contribution in [3.05, 3.63) is 76.1 Å². The summed E-state index contributed by atoms with van der Waals surface area (Å²) in [4.78, 5) is 38.9. The van der Waals surface area contributed by atoms with E-state index >= 15 is 0 Å². The predicted molar refractivity (Wildman–Crippen MR) is 148 cm³/mol. The molecule has 2 atom stereocenters. The second-order valence-corrected chi connectivity index (χ2v) is 10.7. The zero-order valence-corrected chi connectivity index (χ0v) is 23.2. The van der Waals surface area contributed by atoms with Crippen molar-refractivity contribution >= 4 is 40.5 Å². The molecule has 0 spiro atoms. The fourth-order valence-electron chi connectivity index (χ4n) is 5.07. The quantitative estimate of drug-likeness (QED) is 0.176. The number of carbonyl (C=O) groups is 2. The Bertz CT molecular complexity index is 1610. The average Bonchev–Trinajstić information content (AvgIpc) is 3.59. The third-order valence-corrected chi connectivity index (χ3v) is 7.54. The van der Waals surface area contributed by atoms with E-state index in [1.54, 1.807) is 10.9 Å². The van der Waals surface area contributed by atoms with Gasteiger partial charge in [0.1, 0.15) is 17.5 Å². The number of anilines is 3. The molecule has 0 unspecified atom stereocenters. The standard InChI is InChI=1S/C28H24F6N6O2S/c1-40-11-16(10-28(32,33)34)23-22(27(40)42)25(37-21-12-43-13-36-21)24(39-23)15-6-7-35-20(8-15)38-26(41)18(9-19(30)31)14-2-4-17(29)5-3-14/h2-8,12-13,16,18-19,37,39H,9-11H2,1H3,(H,35,38,41)/t16-,18+/m1/s1. The van der Waals surface area contributed by atoms with E-state index in [-0.39, 0.29) is 40.6 Å². The highest BCUT2D eigenvalue weighted by atomic mass is 32.1. The summed E-state index contributed by atoms with van der Waals surface area (Å²) in [5.74, 6) is -3.97. The van der Waals surface area contributed by atoms with Crippen molar-refractivity contribution in [3.8, 4) is 11.3 Å². The third kappa shape index (κ3) is 6.82. The van der Waals surface area contributed by atoms with E-state index < -0.39 is 54.9 Å². The molecular weight excluding hydrogens is 598 g/mol. The van der Waals surface area contributed by atoms with Gasteiger partial charge < -0.3 is 20.5 Å². The van der Waals surface area contributed by atoms with Gasteiger partial charge in [0.25, 0.3) is 5.91 Å². The Morgan fingerprint density at radius 1 is 1.16 bits per heavy atom. The number of rotatable bonds is 9. The first-order valence-electron chi connectivity index (χ1n) is 12.9. The van der Waals surface area contributed by atoms with E-state index in [1.807, 2.05) is 0 Å². The van der Waals surface area contributed by atoms with Gasteiger partial charge in [-0.15, -0.1) is 11.3 Å². The Labute approximate surface area is 245 Å². The van der Waals surface area contributed by atoms with Crippen LogP contribution in [0.3, 0.4) is 0 Å². The van der Waals surface area contributed by atoms with Gasteiger partial charge in [0.05, 0.1) is 34.8 Å². The number of alkyl halides is 5. The number of aromatic amines is 1. The van der Waals surface area contributed by atoms with Gasteiger partial charge in [0.15, 0.2) is 0 Å². The van der Waals surface area contributed by atoms with Crippen LogP contribution in [0.4, 0.5) is 43.7 Å². The number of likely N-dealkylation sites (N-methyl/N-ethyl adjacent to an activating group) is 1. The maximum absolute atomic E-state index is 13.5. The molecule has 3 aromatic heterocycles. The minimum atomic E-state index is -4.50. The number of nitrogens with zero attached hydrogens (tertiary/aromatic N) is 3. The molecule has 0 radical (unpaired) electrons. The SMILES string of the molecule is CN1C[C@@H](CC(F)(F)F)c2[nH]c(-c3ccnc(NC(=O)[C@@H](CC(F)F)c4ccc(F)cc4)c3)c(Nc3cscn3)c2C1=O. The van der Waals surface area contributed by atoms with E-state index in [9.17, 15) is 35.9 Å². The van der Waals surface area contributed by atoms with E-state index in [0.29, 0.717) is 11.4 Å². The van der Waals surface area contributed by atoms with Gasteiger partial charge in [-0.05, 0) is 29.8 Å². The van der Waals surface area contributed by atoms with Crippen molar-refractivity contribution < 1.29 is 35.9 Å². The van der Waals surface area contributed by atoms with Gasteiger partial charge in [0, 0.05) is 48.8 Å². The van der Waals surface area contributed by atoms with E-state index in [0.717, 1.165) is 12.1 Å². The molecule has 1 aliphatic heterocycles. The number of benzene rings is 1. The highest BCUT2D eigenvalue weighted by Gasteiger charge is 2.41. The number of amides is 2. The van der Waals surface area contributed by atoms with Crippen LogP contribution in [-0.2, 0) is 4.79 Å². The fraction of sp³-hybridized carbons (Fsp3) is 0.286. The number of nitrogens with one attached hydrogen (secondary N) is 3. The molecule has 3 N–H and O–H groups in total. The van der Waals surface area contributed by atoms with Gasteiger partial charge >= 0.3 is 6.18 Å². The minimum Gasteiger partial charge on any atom is -0.356 e. The van der Waals surface area contributed by atoms with Crippen LogP contribution in [0.25, 0.3) is 11.3 Å². The van der Waals surface area contributed by atoms with Gasteiger partial charge in [-0.1, -0.05) is 12.1 Å². The largest absolute Gasteiger partial charge is 0.389 e. The highest BCUT2D eigenvalue weighted by molar-refractivity contribution is 7.07. The molecule has 2 amide bonds. The van der Waals surface area contributed by atoms with Crippen molar-refractivity contribution in [2.24, 2.45) is 0 Å². The molecule has 1 aromatic carbocycles. The molecule has 15 heteroatoms. The second kappa shape index (κ2) is 12.1. The van der Waals surface area contributed by atoms with Crippen LogP contribution in [0, 0.1) is 5.82 Å². The number of aromatic nitrogens is 3. The number of hydrogen-bond acceptors (Lipinski definition) is 6. The summed E-state index contributed by atoms with van der Waals surface area (Å²) < 4.78 is 80.6. The summed E-state index contributed by atoms with van der Waals surface area (Å²) in [5, 5.41) is 7.20. The lowest BCUT2D eigenvalue weighted by Gasteiger charge is -2.30. The van der Waals surface area contributed by atoms with Gasteiger partial charge in [-0.25, -0.2) is 23.1 Å². The molecule has 0 fully saturated rings. The topological polar surface area (TPSA) is 103 Å². The van der Waals surface area contributed by atoms with Crippen molar-refractivity contribution in [1.29, 1.82) is 0 Å². The van der Waals surface area contributed by atoms with E-state index in [4.69, 9.17) is 0 Å². The number of hydrogen-bond donors (Lipinski definition) is 3. The molecule has 5 rings (SSSR count). The van der Waals surface area contributed by atoms with Crippen molar-refractivity contribution in [2.75, 3.05) is 24.2 Å². The zero-order valence-electron chi connectivity index (χ0n) is 22.4. The third-order valence-electron chi connectivity index (χ3n) is 6.96. The smallest absolute Gasteiger partial charge is 0.356 e. The number of H-pyrrole nitrogens is 1. The number of fused-ring (bicyclic) bond motifs is 1. The number of halogens is 6. The monoisotopic (exact) mass is 622 g/mol. The summed E-state index contributed by atoms with van der Waals surface area (Å²) >= 11 is 1.27. The Balaban J connectivity index is 1.53. The van der Waals surface area contributed by atoms with Crippen LogP contribution >= 0.6 is 11.3 Å². The predicted octanol–water partition coefficient (Wildman–Crippen LogP) is 6.92. The van der Waals surface area contributed by atoms with Crippen LogP contribution in [0.2, 0.25) is 0 Å². The van der Waals surface area contributed by atoms with Crippen molar-refractivity contribution in [1.82, 2.24) is 19.9 Å². The molecule has 43 heavy (non-hydrogen) atoms. The lowest BCUT2D eigenvalue weighted by atomic mass is 9.92.